The van der Waals surface area contributed by atoms with E-state index >= 15 is 0 Å². The summed E-state index contributed by atoms with van der Waals surface area (Å²) in [5.74, 6) is 0.745. The Morgan fingerprint density at radius 3 is 2.53 bits per heavy atom. The third-order valence-electron chi connectivity index (χ3n) is 2.19. The van der Waals surface area contributed by atoms with E-state index in [1.54, 1.807) is 18.3 Å². The highest BCUT2D eigenvalue weighted by atomic mass is 127. The van der Waals surface area contributed by atoms with Gasteiger partial charge in [-0.15, -0.1) is 0 Å². The number of aromatic nitrogens is 1. The van der Waals surface area contributed by atoms with Crippen LogP contribution in [0.25, 0.3) is 0 Å². The van der Waals surface area contributed by atoms with E-state index in [1.807, 2.05) is 24.3 Å². The van der Waals surface area contributed by atoms with Gasteiger partial charge < -0.3 is 4.74 Å². The van der Waals surface area contributed by atoms with Crippen molar-refractivity contribution in [1.82, 2.24) is 4.98 Å². The third-order valence-corrected chi connectivity index (χ3v) is 2.83. The maximum Gasteiger partial charge on any atom is 0.138 e. The van der Waals surface area contributed by atoms with Gasteiger partial charge in [0.05, 0.1) is 17.8 Å². The first-order valence-corrected chi connectivity index (χ1v) is 6.09. The molecule has 0 fully saturated rings. The quantitative estimate of drug-likeness (QED) is 0.639. The Morgan fingerprint density at radius 1 is 1.18 bits per heavy atom. The molecular formula is C13H9IN2O. The average molecular weight is 336 g/mol. The van der Waals surface area contributed by atoms with Gasteiger partial charge in [-0.05, 0) is 52.4 Å². The number of pyridine rings is 1. The minimum absolute atomic E-state index is 0.480. The van der Waals surface area contributed by atoms with Crippen LogP contribution in [0, 0.1) is 15.0 Å². The van der Waals surface area contributed by atoms with Crippen molar-refractivity contribution in [2.24, 2.45) is 0 Å². The predicted octanol–water partition coefficient (Wildman–Crippen LogP) is 3.14. The molecule has 0 radical (unpaired) electrons. The van der Waals surface area contributed by atoms with Gasteiger partial charge in [-0.25, -0.2) is 4.98 Å². The highest BCUT2D eigenvalue weighted by Crippen LogP contribution is 2.13. The van der Waals surface area contributed by atoms with Crippen LogP contribution in [0.3, 0.4) is 0 Å². The average Bonchev–Trinajstić information content (AvgIpc) is 2.39. The lowest BCUT2D eigenvalue weighted by molar-refractivity contribution is 0.305. The number of rotatable bonds is 3. The van der Waals surface area contributed by atoms with Crippen LogP contribution in [0.5, 0.6) is 5.75 Å². The second kappa shape index (κ2) is 5.64. The van der Waals surface area contributed by atoms with E-state index in [2.05, 4.69) is 33.6 Å². The van der Waals surface area contributed by atoms with Crippen LogP contribution in [0.2, 0.25) is 0 Å². The molecule has 1 aromatic heterocycles. The number of nitrogens with zero attached hydrogens (tertiary/aromatic N) is 2. The summed E-state index contributed by atoms with van der Waals surface area (Å²) in [4.78, 5) is 4.14. The molecule has 0 aliphatic heterocycles. The van der Waals surface area contributed by atoms with Crippen molar-refractivity contribution < 1.29 is 4.74 Å². The number of nitriles is 1. The molecule has 0 saturated carbocycles. The molecule has 0 spiro atoms. The summed E-state index contributed by atoms with van der Waals surface area (Å²) >= 11 is 2.15. The smallest absolute Gasteiger partial charge is 0.138 e. The van der Waals surface area contributed by atoms with Crippen LogP contribution in [-0.4, -0.2) is 4.98 Å². The molecule has 17 heavy (non-hydrogen) atoms. The monoisotopic (exact) mass is 336 g/mol. The molecule has 0 bridgehead atoms. The minimum atomic E-state index is 0.480. The van der Waals surface area contributed by atoms with Crippen molar-refractivity contribution in [3.63, 3.8) is 0 Å². The lowest BCUT2D eigenvalue weighted by Crippen LogP contribution is -1.96. The highest BCUT2D eigenvalue weighted by Gasteiger charge is 1.97. The Labute approximate surface area is 113 Å². The fourth-order valence-corrected chi connectivity index (χ4v) is 1.61. The van der Waals surface area contributed by atoms with Gasteiger partial charge in [0, 0.05) is 0 Å². The lowest BCUT2D eigenvalue weighted by atomic mass is 10.2. The largest absolute Gasteiger partial charge is 0.487 e. The molecule has 0 unspecified atom stereocenters. The van der Waals surface area contributed by atoms with E-state index in [0.29, 0.717) is 12.2 Å². The molecule has 84 valence electrons. The Morgan fingerprint density at radius 2 is 1.94 bits per heavy atom. The van der Waals surface area contributed by atoms with E-state index < -0.39 is 0 Å². The van der Waals surface area contributed by atoms with E-state index in [4.69, 9.17) is 10.00 Å². The summed E-state index contributed by atoms with van der Waals surface area (Å²) < 4.78 is 6.51. The zero-order chi connectivity index (χ0) is 12.1. The first kappa shape index (κ1) is 11.9. The van der Waals surface area contributed by atoms with Crippen molar-refractivity contribution in [1.29, 1.82) is 5.26 Å². The summed E-state index contributed by atoms with van der Waals surface area (Å²) in [6.07, 6.45) is 1.70. The molecule has 0 atom stereocenters. The second-order valence-corrected chi connectivity index (χ2v) is 4.52. The van der Waals surface area contributed by atoms with Crippen LogP contribution in [0.1, 0.15) is 11.1 Å². The van der Waals surface area contributed by atoms with Crippen molar-refractivity contribution in [2.75, 3.05) is 0 Å². The standard InChI is InChI=1S/C13H9IN2O/c14-13-6-5-12(8-16-13)17-9-11-3-1-10(7-15)2-4-11/h1-6,8H,9H2. The van der Waals surface area contributed by atoms with E-state index in [0.717, 1.165) is 15.0 Å². The fraction of sp³-hybridized carbons (Fsp3) is 0.0769. The van der Waals surface area contributed by atoms with Gasteiger partial charge in [0.25, 0.3) is 0 Å². The molecule has 2 aromatic rings. The lowest BCUT2D eigenvalue weighted by Gasteiger charge is -2.05. The van der Waals surface area contributed by atoms with Gasteiger partial charge >= 0.3 is 0 Å². The van der Waals surface area contributed by atoms with Crippen molar-refractivity contribution in [2.45, 2.75) is 6.61 Å². The van der Waals surface area contributed by atoms with Crippen LogP contribution in [0.4, 0.5) is 0 Å². The summed E-state index contributed by atoms with van der Waals surface area (Å²) in [5, 5.41) is 8.67. The Balaban J connectivity index is 1.98. The molecule has 2 rings (SSSR count). The van der Waals surface area contributed by atoms with Crippen LogP contribution >= 0.6 is 22.6 Å². The predicted molar refractivity (Wildman–Crippen MR) is 72.4 cm³/mol. The number of hydrogen-bond acceptors (Lipinski definition) is 3. The van der Waals surface area contributed by atoms with Crippen LogP contribution in [0.15, 0.2) is 42.6 Å². The van der Waals surface area contributed by atoms with Crippen molar-refractivity contribution >= 4 is 22.6 Å². The van der Waals surface area contributed by atoms with Crippen molar-refractivity contribution in [3.8, 4) is 11.8 Å². The first-order valence-electron chi connectivity index (χ1n) is 5.01. The first-order chi connectivity index (χ1) is 8.28. The molecule has 0 N–H and O–H groups in total. The number of benzene rings is 1. The van der Waals surface area contributed by atoms with Gasteiger partial charge in [-0.3, -0.25) is 0 Å². The Bertz CT molecular complexity index is 529. The van der Waals surface area contributed by atoms with Crippen molar-refractivity contribution in [3.05, 3.63) is 57.4 Å². The summed E-state index contributed by atoms with van der Waals surface area (Å²) in [6.45, 7) is 0.480. The zero-order valence-electron chi connectivity index (χ0n) is 8.93. The normalized spacial score (nSPS) is 9.65. The van der Waals surface area contributed by atoms with Gasteiger partial charge in [-0.1, -0.05) is 12.1 Å². The Kier molecular flexibility index (Phi) is 3.94. The SMILES string of the molecule is N#Cc1ccc(COc2ccc(I)nc2)cc1. The topological polar surface area (TPSA) is 45.9 Å². The fourth-order valence-electron chi connectivity index (χ4n) is 1.29. The van der Waals surface area contributed by atoms with Gasteiger partial charge in [0.1, 0.15) is 16.1 Å². The summed E-state index contributed by atoms with van der Waals surface area (Å²) in [6, 6.07) is 13.2. The Hall–Kier alpha value is -1.61. The summed E-state index contributed by atoms with van der Waals surface area (Å²) in [5.41, 5.74) is 1.69. The van der Waals surface area contributed by atoms with Gasteiger partial charge in [0.2, 0.25) is 0 Å². The maximum atomic E-state index is 8.67. The van der Waals surface area contributed by atoms with E-state index in [-0.39, 0.29) is 0 Å². The number of ether oxygens (including phenoxy) is 1. The second-order valence-electron chi connectivity index (χ2n) is 3.41. The molecule has 4 heteroatoms. The number of hydrogen-bond donors (Lipinski definition) is 0. The molecule has 3 nitrogen and oxygen atoms in total. The zero-order valence-corrected chi connectivity index (χ0v) is 11.1. The molecule has 1 heterocycles. The van der Waals surface area contributed by atoms with E-state index in [1.165, 1.54) is 0 Å². The molecular weight excluding hydrogens is 327 g/mol. The molecule has 0 aliphatic carbocycles. The van der Waals surface area contributed by atoms with Gasteiger partial charge in [-0.2, -0.15) is 5.26 Å². The van der Waals surface area contributed by atoms with Crippen LogP contribution in [-0.2, 0) is 6.61 Å². The molecule has 0 aliphatic rings. The van der Waals surface area contributed by atoms with E-state index in [9.17, 15) is 0 Å². The summed E-state index contributed by atoms with van der Waals surface area (Å²) in [7, 11) is 0. The van der Waals surface area contributed by atoms with Gasteiger partial charge in [0.15, 0.2) is 0 Å². The third kappa shape index (κ3) is 3.43. The maximum absolute atomic E-state index is 8.67. The number of halogens is 1. The molecule has 1 aromatic carbocycles. The van der Waals surface area contributed by atoms with Crippen LogP contribution < -0.4 is 4.74 Å². The molecule has 0 amide bonds. The highest BCUT2D eigenvalue weighted by molar-refractivity contribution is 14.1. The minimum Gasteiger partial charge on any atom is -0.487 e. The molecule has 0 saturated heterocycles.